The Bertz CT molecular complexity index is 1310. The van der Waals surface area contributed by atoms with Crippen molar-refractivity contribution >= 4 is 27.7 Å². The second-order valence-corrected chi connectivity index (χ2v) is 8.52. The summed E-state index contributed by atoms with van der Waals surface area (Å²) in [5, 5.41) is 13.8. The lowest BCUT2D eigenvalue weighted by molar-refractivity contribution is 0.0526. The first-order chi connectivity index (χ1) is 16.1. The number of aromatic nitrogens is 1. The van der Waals surface area contributed by atoms with Crippen molar-refractivity contribution in [1.29, 1.82) is 0 Å². The Labute approximate surface area is 192 Å². The van der Waals surface area contributed by atoms with Gasteiger partial charge in [-0.3, -0.25) is 9.88 Å². The summed E-state index contributed by atoms with van der Waals surface area (Å²) in [5.41, 5.74) is 2.46. The van der Waals surface area contributed by atoms with Gasteiger partial charge >= 0.3 is 5.97 Å². The van der Waals surface area contributed by atoms with Gasteiger partial charge in [-0.2, -0.15) is 0 Å². The van der Waals surface area contributed by atoms with Gasteiger partial charge < -0.3 is 14.3 Å². The fourth-order valence-corrected chi connectivity index (χ4v) is 5.09. The SMILES string of the molecule is CCOC(=O)c1c(C)oc2c1c([C@@H](c1ccccn1)N1CCCCC1)c(O)c1ccccc12. The average molecular weight is 445 g/mol. The second kappa shape index (κ2) is 8.87. The number of rotatable bonds is 5. The topological polar surface area (TPSA) is 75.8 Å². The van der Waals surface area contributed by atoms with E-state index in [1.54, 1.807) is 20.0 Å². The molecule has 2 aromatic carbocycles. The first-order valence-electron chi connectivity index (χ1n) is 11.6. The number of phenolic OH excluding ortho intramolecular Hbond substituents is 1. The predicted octanol–water partition coefficient (Wildman–Crippen LogP) is 5.75. The van der Waals surface area contributed by atoms with Gasteiger partial charge in [0, 0.05) is 27.9 Å². The van der Waals surface area contributed by atoms with E-state index in [1.807, 2.05) is 42.5 Å². The van der Waals surface area contributed by atoms with Crippen LogP contribution in [0.25, 0.3) is 21.7 Å². The van der Waals surface area contributed by atoms with Crippen molar-refractivity contribution in [2.75, 3.05) is 19.7 Å². The Kier molecular flexibility index (Phi) is 5.77. The number of esters is 1. The summed E-state index contributed by atoms with van der Waals surface area (Å²) in [7, 11) is 0. The highest BCUT2D eigenvalue weighted by Crippen LogP contribution is 2.47. The van der Waals surface area contributed by atoms with E-state index in [9.17, 15) is 9.90 Å². The summed E-state index contributed by atoms with van der Waals surface area (Å²) in [5.74, 6) is 0.202. The van der Waals surface area contributed by atoms with E-state index in [-0.39, 0.29) is 18.4 Å². The van der Waals surface area contributed by atoms with Crippen molar-refractivity contribution in [1.82, 2.24) is 9.88 Å². The smallest absolute Gasteiger partial charge is 0.342 e. The van der Waals surface area contributed by atoms with Crippen LogP contribution in [0.15, 0.2) is 53.1 Å². The van der Waals surface area contributed by atoms with Crippen LogP contribution in [-0.2, 0) is 4.74 Å². The standard InChI is InChI=1S/C27H28N2O4/c1-3-32-27(31)21-17(2)33-26-19-12-6-5-11-18(19)25(30)23(22(21)26)24(20-13-7-8-14-28-20)29-15-9-4-10-16-29/h5-8,11-14,24,30H,3-4,9-10,15-16H2,1-2H3/t24-/m1/s1. The van der Waals surface area contributed by atoms with Crippen molar-refractivity contribution in [2.24, 2.45) is 0 Å². The number of pyridine rings is 1. The summed E-state index contributed by atoms with van der Waals surface area (Å²) in [6, 6.07) is 13.1. The third-order valence-corrected chi connectivity index (χ3v) is 6.51. The normalized spacial score (nSPS) is 15.7. The van der Waals surface area contributed by atoms with Gasteiger partial charge in [-0.25, -0.2) is 4.79 Å². The molecule has 33 heavy (non-hydrogen) atoms. The monoisotopic (exact) mass is 444 g/mol. The molecule has 1 N–H and O–H groups in total. The lowest BCUT2D eigenvalue weighted by Gasteiger charge is -2.35. The maximum Gasteiger partial charge on any atom is 0.342 e. The summed E-state index contributed by atoms with van der Waals surface area (Å²) < 4.78 is 11.6. The molecule has 0 spiro atoms. The number of piperidine rings is 1. The Morgan fingerprint density at radius 3 is 2.55 bits per heavy atom. The maximum absolute atomic E-state index is 13.1. The number of ether oxygens (including phenoxy) is 1. The van der Waals surface area contributed by atoms with Crippen LogP contribution < -0.4 is 0 Å². The lowest BCUT2D eigenvalue weighted by Crippen LogP contribution is -2.35. The van der Waals surface area contributed by atoms with E-state index in [0.29, 0.717) is 33.2 Å². The Morgan fingerprint density at radius 1 is 1.12 bits per heavy atom. The van der Waals surface area contributed by atoms with E-state index >= 15 is 0 Å². The first-order valence-corrected chi connectivity index (χ1v) is 11.6. The molecule has 1 aliphatic rings. The van der Waals surface area contributed by atoms with Crippen LogP contribution in [0.1, 0.15) is 59.6 Å². The number of hydrogen-bond donors (Lipinski definition) is 1. The fourth-order valence-electron chi connectivity index (χ4n) is 5.09. The molecule has 0 unspecified atom stereocenters. The zero-order chi connectivity index (χ0) is 22.9. The minimum atomic E-state index is -0.442. The van der Waals surface area contributed by atoms with E-state index in [2.05, 4.69) is 9.88 Å². The second-order valence-electron chi connectivity index (χ2n) is 8.52. The lowest BCUT2D eigenvalue weighted by atomic mass is 9.90. The molecule has 170 valence electrons. The summed E-state index contributed by atoms with van der Waals surface area (Å²) in [6.45, 7) is 5.60. The number of nitrogens with zero attached hydrogens (tertiary/aromatic N) is 2. The van der Waals surface area contributed by atoms with Crippen LogP contribution in [0.5, 0.6) is 5.75 Å². The molecular weight excluding hydrogens is 416 g/mol. The van der Waals surface area contributed by atoms with Gasteiger partial charge in [0.2, 0.25) is 0 Å². The summed E-state index contributed by atoms with van der Waals surface area (Å²) in [6.07, 6.45) is 5.11. The number of benzene rings is 2. The number of fused-ring (bicyclic) bond motifs is 3. The number of likely N-dealkylation sites (tertiary alicyclic amines) is 1. The summed E-state index contributed by atoms with van der Waals surface area (Å²) >= 11 is 0. The molecule has 4 aromatic rings. The molecule has 1 fully saturated rings. The van der Waals surface area contributed by atoms with Crippen molar-refractivity contribution < 1.29 is 19.1 Å². The molecule has 6 heteroatoms. The number of phenols is 1. The number of carbonyl (C=O) groups excluding carboxylic acids is 1. The number of carbonyl (C=O) groups is 1. The van der Waals surface area contributed by atoms with Gasteiger partial charge in [-0.05, 0) is 51.9 Å². The van der Waals surface area contributed by atoms with Crippen molar-refractivity contribution in [3.63, 3.8) is 0 Å². The van der Waals surface area contributed by atoms with E-state index < -0.39 is 5.97 Å². The number of aromatic hydroxyl groups is 1. The quantitative estimate of drug-likeness (QED) is 0.395. The average Bonchev–Trinajstić information content (AvgIpc) is 3.20. The molecule has 0 bridgehead atoms. The van der Waals surface area contributed by atoms with Crippen LogP contribution >= 0.6 is 0 Å². The van der Waals surface area contributed by atoms with Gasteiger partial charge in [0.25, 0.3) is 0 Å². The molecule has 6 nitrogen and oxygen atoms in total. The van der Waals surface area contributed by atoms with Crippen LogP contribution in [0.2, 0.25) is 0 Å². The van der Waals surface area contributed by atoms with Crippen LogP contribution in [0.4, 0.5) is 0 Å². The van der Waals surface area contributed by atoms with Gasteiger partial charge in [-0.1, -0.05) is 36.8 Å². The molecule has 0 aliphatic carbocycles. The van der Waals surface area contributed by atoms with Crippen molar-refractivity contribution in [3.05, 3.63) is 71.2 Å². The van der Waals surface area contributed by atoms with Crippen LogP contribution in [0, 0.1) is 6.92 Å². The van der Waals surface area contributed by atoms with Crippen LogP contribution in [-0.4, -0.2) is 40.7 Å². The minimum Gasteiger partial charge on any atom is -0.507 e. The largest absolute Gasteiger partial charge is 0.507 e. The highest BCUT2D eigenvalue weighted by atomic mass is 16.5. The number of furan rings is 1. The minimum absolute atomic E-state index is 0.158. The molecule has 1 atom stereocenters. The van der Waals surface area contributed by atoms with Gasteiger partial charge in [0.15, 0.2) is 0 Å². The molecular formula is C27H28N2O4. The Balaban J connectivity index is 1.89. The molecule has 2 aromatic heterocycles. The summed E-state index contributed by atoms with van der Waals surface area (Å²) in [4.78, 5) is 20.1. The number of aryl methyl sites for hydroxylation is 1. The third kappa shape index (κ3) is 3.64. The molecule has 5 rings (SSSR count). The zero-order valence-corrected chi connectivity index (χ0v) is 19.0. The van der Waals surface area contributed by atoms with Crippen molar-refractivity contribution in [3.8, 4) is 5.75 Å². The fraction of sp³-hybridized carbons (Fsp3) is 0.333. The van der Waals surface area contributed by atoms with Crippen molar-refractivity contribution in [2.45, 2.75) is 39.2 Å². The number of hydrogen-bond acceptors (Lipinski definition) is 6. The maximum atomic E-state index is 13.1. The molecule has 0 saturated carbocycles. The van der Waals surface area contributed by atoms with E-state index in [0.717, 1.165) is 37.0 Å². The Morgan fingerprint density at radius 2 is 1.85 bits per heavy atom. The van der Waals surface area contributed by atoms with Gasteiger partial charge in [0.05, 0.1) is 18.3 Å². The zero-order valence-electron chi connectivity index (χ0n) is 19.0. The highest BCUT2D eigenvalue weighted by Gasteiger charge is 2.34. The molecule has 1 saturated heterocycles. The highest BCUT2D eigenvalue weighted by molar-refractivity contribution is 6.16. The van der Waals surface area contributed by atoms with Crippen LogP contribution in [0.3, 0.4) is 0 Å². The molecule has 0 amide bonds. The Hall–Kier alpha value is -3.38. The predicted molar refractivity (Wildman–Crippen MR) is 128 cm³/mol. The molecule has 3 heterocycles. The molecule has 0 radical (unpaired) electrons. The van der Waals surface area contributed by atoms with Gasteiger partial charge in [0.1, 0.15) is 22.7 Å². The first kappa shape index (κ1) is 21.5. The van der Waals surface area contributed by atoms with E-state index in [4.69, 9.17) is 9.15 Å². The molecule has 1 aliphatic heterocycles. The third-order valence-electron chi connectivity index (χ3n) is 6.51. The van der Waals surface area contributed by atoms with Gasteiger partial charge in [-0.15, -0.1) is 0 Å². The van der Waals surface area contributed by atoms with E-state index in [1.165, 1.54) is 6.42 Å².